The molecule has 1 aliphatic heterocycles. The van der Waals surface area contributed by atoms with Gasteiger partial charge in [-0.1, -0.05) is 29.8 Å². The first-order chi connectivity index (χ1) is 12.5. The second-order valence-corrected chi connectivity index (χ2v) is 6.80. The summed E-state index contributed by atoms with van der Waals surface area (Å²) in [7, 11) is 0. The zero-order valence-corrected chi connectivity index (χ0v) is 15.4. The number of nitrogens with one attached hydrogen (secondary N) is 1. The van der Waals surface area contributed by atoms with E-state index in [0.717, 1.165) is 5.69 Å². The van der Waals surface area contributed by atoms with Crippen LogP contribution in [0.1, 0.15) is 17.3 Å². The summed E-state index contributed by atoms with van der Waals surface area (Å²) in [5.41, 5.74) is 1.43. The van der Waals surface area contributed by atoms with Gasteiger partial charge in [0.1, 0.15) is 0 Å². The first-order valence-electron chi connectivity index (χ1n) is 8.69. The lowest BCUT2D eigenvalue weighted by atomic mass is 10.1. The molecule has 2 aromatic rings. The Kier molecular flexibility index (Phi) is 5.91. The molecule has 5 nitrogen and oxygen atoms in total. The topological polar surface area (TPSA) is 52.7 Å². The van der Waals surface area contributed by atoms with Crippen molar-refractivity contribution in [2.45, 2.75) is 13.0 Å². The smallest absolute Gasteiger partial charge is 0.253 e. The molecule has 0 saturated carbocycles. The van der Waals surface area contributed by atoms with E-state index in [9.17, 15) is 9.59 Å². The van der Waals surface area contributed by atoms with Crippen molar-refractivity contribution in [2.75, 3.05) is 31.5 Å². The number of carbonyl (C=O) groups is 2. The molecule has 0 unspecified atom stereocenters. The minimum Gasteiger partial charge on any atom is -0.336 e. The fraction of sp³-hybridized carbons (Fsp3) is 0.300. The van der Waals surface area contributed by atoms with E-state index in [0.29, 0.717) is 36.8 Å². The summed E-state index contributed by atoms with van der Waals surface area (Å²) in [4.78, 5) is 28.9. The van der Waals surface area contributed by atoms with Crippen LogP contribution in [-0.2, 0) is 4.79 Å². The number of amides is 2. The quantitative estimate of drug-likeness (QED) is 0.898. The molecule has 0 aromatic heterocycles. The molecule has 0 spiro atoms. The second kappa shape index (κ2) is 8.34. The van der Waals surface area contributed by atoms with Crippen LogP contribution in [-0.4, -0.2) is 53.8 Å². The Bertz CT molecular complexity index is 756. The maximum atomic E-state index is 12.5. The van der Waals surface area contributed by atoms with Gasteiger partial charge in [0.25, 0.3) is 5.91 Å². The van der Waals surface area contributed by atoms with E-state index in [1.807, 2.05) is 42.2 Å². The molecule has 136 valence electrons. The summed E-state index contributed by atoms with van der Waals surface area (Å²) < 4.78 is 0. The van der Waals surface area contributed by atoms with Crippen molar-refractivity contribution >= 4 is 29.1 Å². The average molecular weight is 372 g/mol. The summed E-state index contributed by atoms with van der Waals surface area (Å²) in [6.45, 7) is 4.47. The number of nitrogens with zero attached hydrogens (tertiary/aromatic N) is 2. The Hall–Kier alpha value is -2.37. The van der Waals surface area contributed by atoms with Gasteiger partial charge in [0, 0.05) is 42.5 Å². The molecule has 0 aliphatic carbocycles. The first kappa shape index (κ1) is 18.4. The summed E-state index contributed by atoms with van der Waals surface area (Å²) in [6, 6.07) is 16.1. The van der Waals surface area contributed by atoms with Crippen LogP contribution in [0.5, 0.6) is 0 Å². The van der Waals surface area contributed by atoms with E-state index in [2.05, 4.69) is 10.2 Å². The van der Waals surface area contributed by atoms with Gasteiger partial charge in [0.2, 0.25) is 5.91 Å². The first-order valence-corrected chi connectivity index (χ1v) is 9.07. The van der Waals surface area contributed by atoms with Crippen molar-refractivity contribution in [2.24, 2.45) is 0 Å². The van der Waals surface area contributed by atoms with Crippen molar-refractivity contribution in [3.63, 3.8) is 0 Å². The molecule has 1 N–H and O–H groups in total. The molecular weight excluding hydrogens is 350 g/mol. The zero-order chi connectivity index (χ0) is 18.5. The van der Waals surface area contributed by atoms with E-state index >= 15 is 0 Å². The Morgan fingerprint density at radius 3 is 2.19 bits per heavy atom. The predicted molar refractivity (Wildman–Crippen MR) is 103 cm³/mol. The van der Waals surface area contributed by atoms with E-state index in [-0.39, 0.29) is 17.9 Å². The van der Waals surface area contributed by atoms with Crippen LogP contribution >= 0.6 is 11.6 Å². The standard InChI is InChI=1S/C20H22ClN3O2/c1-15(19(25)22-18-9-7-17(21)8-10-18)23-11-13-24(14-12-23)20(26)16-5-3-2-4-6-16/h2-10,15H,11-14H2,1H3,(H,22,25)/t15-/m0/s1. The van der Waals surface area contributed by atoms with Crippen LogP contribution in [0.25, 0.3) is 0 Å². The third-order valence-corrected chi connectivity index (χ3v) is 4.91. The molecule has 1 aliphatic rings. The highest BCUT2D eigenvalue weighted by Crippen LogP contribution is 2.15. The van der Waals surface area contributed by atoms with Gasteiger partial charge in [-0.15, -0.1) is 0 Å². The van der Waals surface area contributed by atoms with Gasteiger partial charge >= 0.3 is 0 Å². The molecule has 2 aromatic carbocycles. The molecule has 1 saturated heterocycles. The molecule has 6 heteroatoms. The second-order valence-electron chi connectivity index (χ2n) is 6.37. The van der Waals surface area contributed by atoms with Gasteiger partial charge in [0.05, 0.1) is 6.04 Å². The molecule has 3 rings (SSSR count). The van der Waals surface area contributed by atoms with Gasteiger partial charge in [-0.25, -0.2) is 0 Å². The van der Waals surface area contributed by atoms with Gasteiger partial charge in [0.15, 0.2) is 0 Å². The number of hydrogen-bond acceptors (Lipinski definition) is 3. The van der Waals surface area contributed by atoms with Crippen molar-refractivity contribution in [1.29, 1.82) is 0 Å². The Morgan fingerprint density at radius 2 is 1.58 bits per heavy atom. The largest absolute Gasteiger partial charge is 0.336 e. The Morgan fingerprint density at radius 1 is 0.962 bits per heavy atom. The third-order valence-electron chi connectivity index (χ3n) is 4.66. The predicted octanol–water partition coefficient (Wildman–Crippen LogP) is 3.13. The minimum absolute atomic E-state index is 0.0449. The summed E-state index contributed by atoms with van der Waals surface area (Å²) in [6.07, 6.45) is 0. The van der Waals surface area contributed by atoms with Crippen molar-refractivity contribution in [1.82, 2.24) is 9.80 Å². The fourth-order valence-electron chi connectivity index (χ4n) is 3.02. The number of piperazine rings is 1. The van der Waals surface area contributed by atoms with Gasteiger partial charge in [-0.2, -0.15) is 0 Å². The number of carbonyl (C=O) groups excluding carboxylic acids is 2. The van der Waals surface area contributed by atoms with Gasteiger partial charge < -0.3 is 10.2 Å². The molecule has 1 atom stereocenters. The highest BCUT2D eigenvalue weighted by molar-refractivity contribution is 6.30. The highest BCUT2D eigenvalue weighted by atomic mass is 35.5. The van der Waals surface area contributed by atoms with Gasteiger partial charge in [-0.05, 0) is 43.3 Å². The summed E-state index contributed by atoms with van der Waals surface area (Å²) >= 11 is 5.86. The van der Waals surface area contributed by atoms with E-state index in [1.165, 1.54) is 0 Å². The Labute approximate surface area is 158 Å². The van der Waals surface area contributed by atoms with Gasteiger partial charge in [-0.3, -0.25) is 14.5 Å². The Balaban J connectivity index is 1.53. The number of rotatable bonds is 4. The van der Waals surface area contributed by atoms with Crippen LogP contribution in [0.3, 0.4) is 0 Å². The summed E-state index contributed by atoms with van der Waals surface area (Å²) in [5.74, 6) is -0.0151. The van der Waals surface area contributed by atoms with Crippen molar-refractivity contribution in [3.05, 3.63) is 65.2 Å². The number of halogens is 1. The van der Waals surface area contributed by atoms with E-state index in [4.69, 9.17) is 11.6 Å². The lowest BCUT2D eigenvalue weighted by Crippen LogP contribution is -2.54. The SMILES string of the molecule is C[C@@H](C(=O)Nc1ccc(Cl)cc1)N1CCN(C(=O)c2ccccc2)CC1. The number of anilines is 1. The molecule has 0 radical (unpaired) electrons. The average Bonchev–Trinajstić information content (AvgIpc) is 2.69. The number of hydrogen-bond donors (Lipinski definition) is 1. The summed E-state index contributed by atoms with van der Waals surface area (Å²) in [5, 5.41) is 3.54. The maximum absolute atomic E-state index is 12.5. The minimum atomic E-state index is -0.264. The lowest BCUT2D eigenvalue weighted by Gasteiger charge is -2.37. The van der Waals surface area contributed by atoms with Crippen LogP contribution in [0.2, 0.25) is 5.02 Å². The molecule has 26 heavy (non-hydrogen) atoms. The van der Waals surface area contributed by atoms with Crippen LogP contribution in [0.4, 0.5) is 5.69 Å². The van der Waals surface area contributed by atoms with Crippen molar-refractivity contribution < 1.29 is 9.59 Å². The molecule has 1 heterocycles. The van der Waals surface area contributed by atoms with Crippen LogP contribution in [0, 0.1) is 0 Å². The third kappa shape index (κ3) is 4.42. The molecule has 0 bridgehead atoms. The monoisotopic (exact) mass is 371 g/mol. The zero-order valence-electron chi connectivity index (χ0n) is 14.7. The van der Waals surface area contributed by atoms with Crippen LogP contribution < -0.4 is 5.32 Å². The number of benzene rings is 2. The fourth-order valence-corrected chi connectivity index (χ4v) is 3.15. The van der Waals surface area contributed by atoms with Crippen molar-refractivity contribution in [3.8, 4) is 0 Å². The maximum Gasteiger partial charge on any atom is 0.253 e. The molecule has 1 fully saturated rings. The normalized spacial score (nSPS) is 16.2. The van der Waals surface area contributed by atoms with Crippen LogP contribution in [0.15, 0.2) is 54.6 Å². The van der Waals surface area contributed by atoms with E-state index < -0.39 is 0 Å². The molecular formula is C20H22ClN3O2. The highest BCUT2D eigenvalue weighted by Gasteiger charge is 2.27. The van der Waals surface area contributed by atoms with E-state index in [1.54, 1.807) is 24.3 Å². The molecule has 2 amide bonds. The lowest BCUT2D eigenvalue weighted by molar-refractivity contribution is -0.121.